The molecule has 4 aromatic heterocycles. The molecule has 4 rings (SSSR count). The van der Waals surface area contributed by atoms with Crippen LogP contribution in [0.2, 0.25) is 0 Å². The molecular formula is C18H17N5OS3. The molecule has 0 aliphatic heterocycles. The van der Waals surface area contributed by atoms with Gasteiger partial charge in [0.1, 0.15) is 0 Å². The fourth-order valence-corrected chi connectivity index (χ4v) is 5.08. The third-order valence-corrected chi connectivity index (χ3v) is 6.83. The highest BCUT2D eigenvalue weighted by Crippen LogP contribution is 2.29. The monoisotopic (exact) mass is 415 g/mol. The van der Waals surface area contributed by atoms with Crippen LogP contribution in [0.25, 0.3) is 16.3 Å². The number of thiophene rings is 1. The fraction of sp³-hybridized carbons (Fsp3) is 0.222. The Kier molecular flexibility index (Phi) is 5.24. The first-order valence-electron chi connectivity index (χ1n) is 8.40. The zero-order chi connectivity index (χ0) is 18.8. The van der Waals surface area contributed by atoms with Crippen LogP contribution in [0.1, 0.15) is 17.5 Å². The van der Waals surface area contributed by atoms with Gasteiger partial charge in [-0.1, -0.05) is 24.8 Å². The maximum atomic E-state index is 12.1. The summed E-state index contributed by atoms with van der Waals surface area (Å²) in [5, 5.41) is 13.5. The van der Waals surface area contributed by atoms with Crippen molar-refractivity contribution < 1.29 is 0 Å². The van der Waals surface area contributed by atoms with Crippen LogP contribution in [0.5, 0.6) is 0 Å². The molecular weight excluding hydrogens is 398 g/mol. The molecule has 0 N–H and O–H groups in total. The number of hydrogen-bond donors (Lipinski definition) is 0. The number of nitrogens with zero attached hydrogens (tertiary/aromatic N) is 5. The number of fused-ring (bicyclic) bond motifs is 1. The minimum Gasteiger partial charge on any atom is -0.298 e. The Balaban J connectivity index is 1.61. The zero-order valence-electron chi connectivity index (χ0n) is 14.7. The minimum atomic E-state index is -0.0598. The molecule has 0 aliphatic carbocycles. The summed E-state index contributed by atoms with van der Waals surface area (Å²) in [5.41, 5.74) is 1.76. The molecule has 0 aliphatic rings. The topological polar surface area (TPSA) is 65.1 Å². The first-order chi connectivity index (χ1) is 13.2. The maximum Gasteiger partial charge on any atom is 0.258 e. The molecule has 0 unspecified atom stereocenters. The van der Waals surface area contributed by atoms with Crippen molar-refractivity contribution in [2.45, 2.75) is 30.8 Å². The molecule has 0 atom stereocenters. The predicted octanol–water partition coefficient (Wildman–Crippen LogP) is 4.12. The Morgan fingerprint density at radius 3 is 2.96 bits per heavy atom. The largest absolute Gasteiger partial charge is 0.298 e. The summed E-state index contributed by atoms with van der Waals surface area (Å²) in [6, 6.07) is 3.74. The third-order valence-electron chi connectivity index (χ3n) is 3.99. The summed E-state index contributed by atoms with van der Waals surface area (Å²) in [7, 11) is 0. The lowest BCUT2D eigenvalue weighted by Crippen LogP contribution is -2.12. The van der Waals surface area contributed by atoms with Gasteiger partial charge in [0, 0.05) is 45.8 Å². The molecule has 0 spiro atoms. The van der Waals surface area contributed by atoms with Crippen molar-refractivity contribution in [3.63, 3.8) is 0 Å². The summed E-state index contributed by atoms with van der Waals surface area (Å²) < 4.78 is 3.61. The third kappa shape index (κ3) is 3.62. The second-order valence-electron chi connectivity index (χ2n) is 5.79. The lowest BCUT2D eigenvalue weighted by Gasteiger charge is -2.06. The van der Waals surface area contributed by atoms with Gasteiger partial charge in [-0.05, 0) is 12.5 Å². The maximum absolute atomic E-state index is 12.1. The summed E-state index contributed by atoms with van der Waals surface area (Å²) in [4.78, 5) is 18.7. The van der Waals surface area contributed by atoms with Gasteiger partial charge < -0.3 is 0 Å². The van der Waals surface area contributed by atoms with Gasteiger partial charge >= 0.3 is 0 Å². The van der Waals surface area contributed by atoms with E-state index in [1.807, 2.05) is 11.5 Å². The van der Waals surface area contributed by atoms with Crippen molar-refractivity contribution in [1.82, 2.24) is 24.1 Å². The highest BCUT2D eigenvalue weighted by Gasteiger charge is 2.15. The molecule has 0 radical (unpaired) electrons. The molecule has 4 heterocycles. The van der Waals surface area contributed by atoms with Crippen molar-refractivity contribution in [3.05, 3.63) is 62.7 Å². The van der Waals surface area contributed by atoms with E-state index >= 15 is 0 Å². The summed E-state index contributed by atoms with van der Waals surface area (Å²) in [5.74, 6) is 1.40. The van der Waals surface area contributed by atoms with Gasteiger partial charge in [0.25, 0.3) is 5.56 Å². The normalized spacial score (nSPS) is 11.3. The molecule has 138 valence electrons. The first kappa shape index (κ1) is 18.1. The Bertz CT molecular complexity index is 1150. The lowest BCUT2D eigenvalue weighted by atomic mass is 10.2. The van der Waals surface area contributed by atoms with E-state index in [-0.39, 0.29) is 5.56 Å². The lowest BCUT2D eigenvalue weighted by molar-refractivity contribution is 0.731. The summed E-state index contributed by atoms with van der Waals surface area (Å²) >= 11 is 4.71. The smallest absolute Gasteiger partial charge is 0.258 e. The van der Waals surface area contributed by atoms with E-state index in [1.54, 1.807) is 28.0 Å². The van der Waals surface area contributed by atoms with Gasteiger partial charge in [-0.3, -0.25) is 13.8 Å². The van der Waals surface area contributed by atoms with Gasteiger partial charge in [-0.15, -0.1) is 39.4 Å². The molecule has 0 fully saturated rings. The number of hydrogen-bond acceptors (Lipinski definition) is 7. The van der Waals surface area contributed by atoms with Crippen LogP contribution < -0.4 is 5.56 Å². The van der Waals surface area contributed by atoms with E-state index in [0.717, 1.165) is 28.7 Å². The van der Waals surface area contributed by atoms with Gasteiger partial charge in [0.2, 0.25) is 0 Å². The second kappa shape index (κ2) is 7.79. The minimum absolute atomic E-state index is 0.0598. The molecule has 4 aromatic rings. The number of thioether (sulfide) groups is 1. The number of aryl methyl sites for hydroxylation is 1. The van der Waals surface area contributed by atoms with Crippen LogP contribution in [0.4, 0.5) is 0 Å². The molecule has 27 heavy (non-hydrogen) atoms. The van der Waals surface area contributed by atoms with Gasteiger partial charge in [0.15, 0.2) is 15.9 Å². The van der Waals surface area contributed by atoms with Crippen molar-refractivity contribution in [2.24, 2.45) is 0 Å². The van der Waals surface area contributed by atoms with Crippen LogP contribution in [-0.2, 0) is 18.7 Å². The Morgan fingerprint density at radius 2 is 2.19 bits per heavy atom. The Labute approximate surface area is 168 Å². The van der Waals surface area contributed by atoms with E-state index in [9.17, 15) is 4.79 Å². The molecule has 6 nitrogen and oxygen atoms in total. The van der Waals surface area contributed by atoms with Crippen LogP contribution in [0.3, 0.4) is 0 Å². The predicted molar refractivity (Wildman–Crippen MR) is 112 cm³/mol. The molecule has 0 saturated heterocycles. The molecule has 0 aromatic carbocycles. The highest BCUT2D eigenvalue weighted by atomic mass is 32.2. The fourth-order valence-electron chi connectivity index (χ4n) is 2.69. The summed E-state index contributed by atoms with van der Waals surface area (Å²) in [6.07, 6.45) is 4.59. The van der Waals surface area contributed by atoms with Crippen molar-refractivity contribution in [1.29, 1.82) is 0 Å². The zero-order valence-corrected chi connectivity index (χ0v) is 17.1. The van der Waals surface area contributed by atoms with E-state index in [1.165, 1.54) is 28.0 Å². The standard InChI is InChI=1S/C18H17N5OS3/c1-3-5-23-16(12-8-14(4-2)26-10-12)20-21-18(23)27-11-13-9-15(24)22-6-7-25-17(22)19-13/h3,6-10H,1,4-5,11H2,2H3. The Morgan fingerprint density at radius 1 is 1.30 bits per heavy atom. The first-order valence-corrected chi connectivity index (χ1v) is 11.1. The second-order valence-corrected chi connectivity index (χ2v) is 8.60. The Hall–Kier alpha value is -2.23. The summed E-state index contributed by atoms with van der Waals surface area (Å²) in [6.45, 7) is 6.62. The van der Waals surface area contributed by atoms with E-state index in [4.69, 9.17) is 0 Å². The van der Waals surface area contributed by atoms with E-state index in [2.05, 4.69) is 44.7 Å². The van der Waals surface area contributed by atoms with Crippen LogP contribution in [0, 0.1) is 0 Å². The molecule has 0 amide bonds. The van der Waals surface area contributed by atoms with E-state index in [0.29, 0.717) is 17.3 Å². The number of aromatic nitrogens is 5. The van der Waals surface area contributed by atoms with Crippen LogP contribution in [-0.4, -0.2) is 24.1 Å². The SMILES string of the molecule is C=CCn1c(SCc2cc(=O)n3ccsc3n2)nnc1-c1csc(CC)c1. The van der Waals surface area contributed by atoms with Gasteiger partial charge in [0.05, 0.1) is 5.69 Å². The van der Waals surface area contributed by atoms with Crippen molar-refractivity contribution in [2.75, 3.05) is 0 Å². The molecule has 9 heteroatoms. The average Bonchev–Trinajstić information content (AvgIpc) is 3.39. The molecule has 0 bridgehead atoms. The quantitative estimate of drug-likeness (QED) is 0.336. The number of thiazole rings is 1. The number of rotatable bonds is 7. The van der Waals surface area contributed by atoms with Gasteiger partial charge in [-0.25, -0.2) is 4.98 Å². The van der Waals surface area contributed by atoms with Crippen LogP contribution in [0.15, 0.2) is 51.7 Å². The van der Waals surface area contributed by atoms with Crippen LogP contribution >= 0.6 is 34.4 Å². The molecule has 0 saturated carbocycles. The average molecular weight is 416 g/mol. The van der Waals surface area contributed by atoms with Crippen molar-refractivity contribution >= 4 is 39.4 Å². The number of allylic oxidation sites excluding steroid dienone is 1. The van der Waals surface area contributed by atoms with Gasteiger partial charge in [-0.2, -0.15) is 0 Å². The van der Waals surface area contributed by atoms with E-state index < -0.39 is 0 Å². The highest BCUT2D eigenvalue weighted by molar-refractivity contribution is 7.98. The van der Waals surface area contributed by atoms with Crippen molar-refractivity contribution in [3.8, 4) is 11.4 Å².